The van der Waals surface area contributed by atoms with Gasteiger partial charge in [-0.2, -0.15) is 0 Å². The maximum absolute atomic E-state index is 10.1. The lowest BCUT2D eigenvalue weighted by atomic mass is 10.0. The van der Waals surface area contributed by atoms with Crippen molar-refractivity contribution in [1.82, 2.24) is 5.32 Å². The summed E-state index contributed by atoms with van der Waals surface area (Å²) >= 11 is 0. The summed E-state index contributed by atoms with van der Waals surface area (Å²) in [6.45, 7) is 6.65. The van der Waals surface area contributed by atoms with Gasteiger partial charge in [-0.3, -0.25) is 0 Å². The third kappa shape index (κ3) is 6.71. The standard InChI is InChI=1S/C16H27NO2/c1-13(2)11-14-5-7-15(8-6-14)16(18)12-17-9-4-10-19-3/h5-8,13,16-18H,4,9-12H2,1-3H3. The van der Waals surface area contributed by atoms with Crippen molar-refractivity contribution in [3.63, 3.8) is 0 Å². The Bertz CT molecular complexity index is 335. The molecule has 0 fully saturated rings. The van der Waals surface area contributed by atoms with E-state index in [1.54, 1.807) is 7.11 Å². The molecule has 1 rings (SSSR count). The molecule has 0 aliphatic rings. The van der Waals surface area contributed by atoms with Crippen molar-refractivity contribution in [3.05, 3.63) is 35.4 Å². The summed E-state index contributed by atoms with van der Waals surface area (Å²) < 4.78 is 4.98. The van der Waals surface area contributed by atoms with Crippen molar-refractivity contribution in [3.8, 4) is 0 Å². The summed E-state index contributed by atoms with van der Waals surface area (Å²) in [6.07, 6.45) is 1.62. The monoisotopic (exact) mass is 265 g/mol. The molecule has 0 bridgehead atoms. The lowest BCUT2D eigenvalue weighted by Gasteiger charge is -2.13. The first-order valence-corrected chi connectivity index (χ1v) is 7.10. The average Bonchev–Trinajstić information content (AvgIpc) is 2.38. The van der Waals surface area contributed by atoms with Crippen molar-refractivity contribution >= 4 is 0 Å². The van der Waals surface area contributed by atoms with Gasteiger partial charge in [-0.25, -0.2) is 0 Å². The normalized spacial score (nSPS) is 12.9. The molecule has 0 aliphatic carbocycles. The van der Waals surface area contributed by atoms with Gasteiger partial charge in [0.05, 0.1) is 6.10 Å². The molecule has 19 heavy (non-hydrogen) atoms. The lowest BCUT2D eigenvalue weighted by Crippen LogP contribution is -2.23. The van der Waals surface area contributed by atoms with E-state index in [4.69, 9.17) is 4.74 Å². The summed E-state index contributed by atoms with van der Waals surface area (Å²) in [6, 6.07) is 8.28. The van der Waals surface area contributed by atoms with E-state index in [1.165, 1.54) is 5.56 Å². The van der Waals surface area contributed by atoms with E-state index in [0.29, 0.717) is 12.5 Å². The topological polar surface area (TPSA) is 41.5 Å². The summed E-state index contributed by atoms with van der Waals surface area (Å²) in [5, 5.41) is 13.3. The third-order valence-electron chi connectivity index (χ3n) is 3.05. The Morgan fingerprint density at radius 3 is 2.47 bits per heavy atom. The number of nitrogens with one attached hydrogen (secondary N) is 1. The van der Waals surface area contributed by atoms with Gasteiger partial charge < -0.3 is 15.2 Å². The molecule has 2 N–H and O–H groups in total. The smallest absolute Gasteiger partial charge is 0.0914 e. The Morgan fingerprint density at radius 1 is 1.21 bits per heavy atom. The van der Waals surface area contributed by atoms with Crippen LogP contribution in [-0.2, 0) is 11.2 Å². The summed E-state index contributed by atoms with van der Waals surface area (Å²) in [5.74, 6) is 0.665. The van der Waals surface area contributed by atoms with Crippen LogP contribution >= 0.6 is 0 Å². The van der Waals surface area contributed by atoms with Crippen LogP contribution < -0.4 is 5.32 Å². The number of rotatable bonds is 9. The van der Waals surface area contributed by atoms with E-state index >= 15 is 0 Å². The minimum atomic E-state index is -0.435. The van der Waals surface area contributed by atoms with E-state index < -0.39 is 6.10 Å². The molecule has 0 saturated heterocycles. The third-order valence-corrected chi connectivity index (χ3v) is 3.05. The Kier molecular flexibility index (Phi) is 7.72. The van der Waals surface area contributed by atoms with Crippen molar-refractivity contribution < 1.29 is 9.84 Å². The Labute approximate surface area is 117 Å². The Morgan fingerprint density at radius 2 is 1.89 bits per heavy atom. The average molecular weight is 265 g/mol. The van der Waals surface area contributed by atoms with Crippen LogP contribution in [0.3, 0.4) is 0 Å². The van der Waals surface area contributed by atoms with Crippen LogP contribution in [0.1, 0.15) is 37.5 Å². The molecule has 0 aromatic heterocycles. The first-order valence-electron chi connectivity index (χ1n) is 7.10. The second-order valence-electron chi connectivity index (χ2n) is 5.41. The molecule has 0 saturated carbocycles. The number of benzene rings is 1. The van der Waals surface area contributed by atoms with E-state index in [1.807, 2.05) is 12.1 Å². The van der Waals surface area contributed by atoms with Gasteiger partial charge in [0.25, 0.3) is 0 Å². The van der Waals surface area contributed by atoms with Gasteiger partial charge in [-0.1, -0.05) is 38.1 Å². The van der Waals surface area contributed by atoms with Crippen molar-refractivity contribution in [2.45, 2.75) is 32.8 Å². The Balaban J connectivity index is 2.33. The van der Waals surface area contributed by atoms with Crippen LogP contribution in [0.15, 0.2) is 24.3 Å². The lowest BCUT2D eigenvalue weighted by molar-refractivity contribution is 0.168. The van der Waals surface area contributed by atoms with E-state index in [-0.39, 0.29) is 0 Å². The quantitative estimate of drug-likeness (QED) is 0.674. The van der Waals surface area contributed by atoms with Crippen LogP contribution in [0.5, 0.6) is 0 Å². The van der Waals surface area contributed by atoms with E-state index in [9.17, 15) is 5.11 Å². The highest BCUT2D eigenvalue weighted by Crippen LogP contribution is 2.15. The minimum Gasteiger partial charge on any atom is -0.387 e. The van der Waals surface area contributed by atoms with Gasteiger partial charge in [0.15, 0.2) is 0 Å². The maximum Gasteiger partial charge on any atom is 0.0914 e. The second-order valence-corrected chi connectivity index (χ2v) is 5.41. The maximum atomic E-state index is 10.1. The molecular formula is C16H27NO2. The molecule has 1 unspecified atom stereocenters. The first-order chi connectivity index (χ1) is 9.13. The molecule has 0 radical (unpaired) electrons. The molecule has 1 atom stereocenters. The van der Waals surface area contributed by atoms with Gasteiger partial charge in [0.1, 0.15) is 0 Å². The summed E-state index contributed by atoms with van der Waals surface area (Å²) in [5.41, 5.74) is 2.31. The summed E-state index contributed by atoms with van der Waals surface area (Å²) in [4.78, 5) is 0. The van der Waals surface area contributed by atoms with Gasteiger partial charge >= 0.3 is 0 Å². The van der Waals surface area contributed by atoms with E-state index in [2.05, 4.69) is 31.3 Å². The number of aliphatic hydroxyl groups is 1. The number of hydrogen-bond acceptors (Lipinski definition) is 3. The fraction of sp³-hybridized carbons (Fsp3) is 0.625. The molecule has 3 nitrogen and oxygen atoms in total. The Hall–Kier alpha value is -0.900. The second kappa shape index (κ2) is 9.08. The molecule has 0 aliphatic heterocycles. The van der Waals surface area contributed by atoms with Crippen molar-refractivity contribution in [1.29, 1.82) is 0 Å². The molecular weight excluding hydrogens is 238 g/mol. The van der Waals surface area contributed by atoms with Crippen LogP contribution in [0.2, 0.25) is 0 Å². The van der Waals surface area contributed by atoms with Crippen LogP contribution in [-0.4, -0.2) is 31.9 Å². The highest BCUT2D eigenvalue weighted by molar-refractivity contribution is 5.24. The fourth-order valence-corrected chi connectivity index (χ4v) is 2.05. The summed E-state index contributed by atoms with van der Waals surface area (Å²) in [7, 11) is 1.70. The molecule has 108 valence electrons. The molecule has 0 amide bonds. The van der Waals surface area contributed by atoms with Crippen molar-refractivity contribution in [2.24, 2.45) is 5.92 Å². The van der Waals surface area contributed by atoms with Crippen molar-refractivity contribution in [2.75, 3.05) is 26.8 Å². The van der Waals surface area contributed by atoms with E-state index in [0.717, 1.165) is 31.6 Å². The number of ether oxygens (including phenoxy) is 1. The largest absolute Gasteiger partial charge is 0.387 e. The zero-order valence-electron chi connectivity index (χ0n) is 12.4. The van der Waals surface area contributed by atoms with Crippen LogP contribution in [0, 0.1) is 5.92 Å². The molecule has 0 heterocycles. The predicted octanol–water partition coefficient (Wildman–Crippen LogP) is 2.54. The highest BCUT2D eigenvalue weighted by Gasteiger charge is 2.07. The number of aliphatic hydroxyl groups excluding tert-OH is 1. The molecule has 3 heteroatoms. The molecule has 1 aromatic carbocycles. The predicted molar refractivity (Wildman–Crippen MR) is 79.3 cm³/mol. The fourth-order valence-electron chi connectivity index (χ4n) is 2.05. The SMILES string of the molecule is COCCCNCC(O)c1ccc(CC(C)C)cc1. The van der Waals surface area contributed by atoms with Gasteiger partial charge in [0, 0.05) is 20.3 Å². The molecule has 1 aromatic rings. The zero-order chi connectivity index (χ0) is 14.1. The van der Waals surface area contributed by atoms with Gasteiger partial charge in [-0.05, 0) is 36.4 Å². The van der Waals surface area contributed by atoms with Crippen LogP contribution in [0.25, 0.3) is 0 Å². The van der Waals surface area contributed by atoms with Gasteiger partial charge in [-0.15, -0.1) is 0 Å². The van der Waals surface area contributed by atoms with Gasteiger partial charge in [0.2, 0.25) is 0 Å². The first kappa shape index (κ1) is 16.2. The molecule has 0 spiro atoms. The minimum absolute atomic E-state index is 0.435. The number of hydrogen-bond donors (Lipinski definition) is 2. The van der Waals surface area contributed by atoms with Crippen LogP contribution in [0.4, 0.5) is 0 Å². The highest BCUT2D eigenvalue weighted by atomic mass is 16.5. The zero-order valence-corrected chi connectivity index (χ0v) is 12.4. The number of methoxy groups -OCH3 is 1.